The van der Waals surface area contributed by atoms with Crippen LogP contribution in [0.2, 0.25) is 0 Å². The molecular formula is C14H28N2O. The van der Waals surface area contributed by atoms with Gasteiger partial charge in [-0.3, -0.25) is 0 Å². The third-order valence-electron chi connectivity index (χ3n) is 4.48. The van der Waals surface area contributed by atoms with Crippen molar-refractivity contribution in [2.24, 2.45) is 5.92 Å². The Morgan fingerprint density at radius 2 is 2.29 bits per heavy atom. The summed E-state index contributed by atoms with van der Waals surface area (Å²) in [5.41, 5.74) is 0.100. The summed E-state index contributed by atoms with van der Waals surface area (Å²) in [6.07, 6.45) is 6.63. The van der Waals surface area contributed by atoms with Crippen LogP contribution in [0.25, 0.3) is 0 Å². The molecule has 2 aliphatic rings. The topological polar surface area (TPSA) is 24.5 Å². The molecule has 0 aromatic carbocycles. The number of methoxy groups -OCH3 is 1. The smallest absolute Gasteiger partial charge is 0.0777 e. The standard InChI is InChI=1S/C14H28N2O/c1-14(17-2)7-4-9-16(12-14)10-6-13-5-3-8-15-11-13/h13,15H,3-12H2,1-2H3. The minimum Gasteiger partial charge on any atom is -0.377 e. The van der Waals surface area contributed by atoms with Gasteiger partial charge in [0.25, 0.3) is 0 Å². The van der Waals surface area contributed by atoms with Crippen molar-refractivity contribution in [1.29, 1.82) is 0 Å². The molecule has 3 nitrogen and oxygen atoms in total. The fourth-order valence-corrected chi connectivity index (χ4v) is 3.20. The molecule has 2 unspecified atom stereocenters. The Kier molecular flexibility index (Phi) is 4.83. The number of hydrogen-bond donors (Lipinski definition) is 1. The van der Waals surface area contributed by atoms with Crippen LogP contribution < -0.4 is 5.32 Å². The van der Waals surface area contributed by atoms with Crippen LogP contribution in [0.3, 0.4) is 0 Å². The average Bonchev–Trinajstić information content (AvgIpc) is 2.38. The number of ether oxygens (including phenoxy) is 1. The monoisotopic (exact) mass is 240 g/mol. The van der Waals surface area contributed by atoms with Crippen LogP contribution in [0.1, 0.15) is 39.0 Å². The van der Waals surface area contributed by atoms with Crippen LogP contribution in [0.4, 0.5) is 0 Å². The summed E-state index contributed by atoms with van der Waals surface area (Å²) in [5.74, 6) is 0.902. The fraction of sp³-hybridized carbons (Fsp3) is 1.00. The second kappa shape index (κ2) is 6.17. The molecular weight excluding hydrogens is 212 g/mol. The first-order valence-electron chi connectivity index (χ1n) is 7.20. The Bertz CT molecular complexity index is 228. The Balaban J connectivity index is 1.71. The van der Waals surface area contributed by atoms with E-state index >= 15 is 0 Å². The van der Waals surface area contributed by atoms with Crippen molar-refractivity contribution < 1.29 is 4.74 Å². The highest BCUT2D eigenvalue weighted by atomic mass is 16.5. The summed E-state index contributed by atoms with van der Waals surface area (Å²) in [5, 5.41) is 3.51. The molecule has 2 rings (SSSR count). The molecule has 0 saturated carbocycles. The molecule has 0 radical (unpaired) electrons. The molecule has 17 heavy (non-hydrogen) atoms. The molecule has 2 atom stereocenters. The average molecular weight is 240 g/mol. The SMILES string of the molecule is COC1(C)CCCN(CCC2CCCNC2)C1. The Hall–Kier alpha value is -0.120. The third kappa shape index (κ3) is 3.94. The second-order valence-electron chi connectivity index (χ2n) is 6.03. The van der Waals surface area contributed by atoms with E-state index in [-0.39, 0.29) is 5.60 Å². The number of nitrogens with zero attached hydrogens (tertiary/aromatic N) is 1. The lowest BCUT2D eigenvalue weighted by Gasteiger charge is -2.40. The summed E-state index contributed by atoms with van der Waals surface area (Å²) in [7, 11) is 1.86. The summed E-state index contributed by atoms with van der Waals surface area (Å²) in [6, 6.07) is 0. The Morgan fingerprint density at radius 3 is 3.00 bits per heavy atom. The maximum absolute atomic E-state index is 5.65. The van der Waals surface area contributed by atoms with Gasteiger partial charge in [-0.25, -0.2) is 0 Å². The van der Waals surface area contributed by atoms with Crippen LogP contribution in [0.5, 0.6) is 0 Å². The van der Waals surface area contributed by atoms with Crippen molar-refractivity contribution in [2.75, 3.05) is 39.8 Å². The molecule has 100 valence electrons. The first kappa shape index (κ1) is 13.3. The van der Waals surface area contributed by atoms with E-state index in [1.54, 1.807) is 0 Å². The molecule has 0 aliphatic carbocycles. The molecule has 0 aromatic rings. The van der Waals surface area contributed by atoms with Crippen LogP contribution in [0, 0.1) is 5.92 Å². The normalized spacial score (nSPS) is 36.0. The van der Waals surface area contributed by atoms with Gasteiger partial charge in [-0.15, -0.1) is 0 Å². The zero-order valence-electron chi connectivity index (χ0n) is 11.5. The Labute approximate surface area is 106 Å². The molecule has 2 heterocycles. The largest absolute Gasteiger partial charge is 0.377 e. The van der Waals surface area contributed by atoms with Crippen molar-refractivity contribution in [3.63, 3.8) is 0 Å². The highest BCUT2D eigenvalue weighted by Crippen LogP contribution is 2.24. The van der Waals surface area contributed by atoms with E-state index in [0.29, 0.717) is 0 Å². The first-order valence-corrected chi connectivity index (χ1v) is 7.20. The summed E-state index contributed by atoms with van der Waals surface area (Å²) >= 11 is 0. The first-order chi connectivity index (χ1) is 8.22. The maximum atomic E-state index is 5.65. The molecule has 2 aliphatic heterocycles. The maximum Gasteiger partial charge on any atom is 0.0777 e. The van der Waals surface area contributed by atoms with E-state index in [4.69, 9.17) is 4.74 Å². The van der Waals surface area contributed by atoms with E-state index in [9.17, 15) is 0 Å². The molecule has 3 heteroatoms. The van der Waals surface area contributed by atoms with Gasteiger partial charge in [-0.2, -0.15) is 0 Å². The van der Waals surface area contributed by atoms with Crippen LogP contribution >= 0.6 is 0 Å². The van der Waals surface area contributed by atoms with Crippen molar-refractivity contribution in [3.8, 4) is 0 Å². The van der Waals surface area contributed by atoms with Crippen LogP contribution in [-0.2, 0) is 4.74 Å². The van der Waals surface area contributed by atoms with E-state index in [1.165, 1.54) is 58.3 Å². The van der Waals surface area contributed by atoms with Crippen molar-refractivity contribution in [2.45, 2.75) is 44.6 Å². The molecule has 0 bridgehead atoms. The predicted octanol–water partition coefficient (Wildman–Crippen LogP) is 1.88. The van der Waals surface area contributed by atoms with Gasteiger partial charge in [0.15, 0.2) is 0 Å². The zero-order valence-corrected chi connectivity index (χ0v) is 11.5. The lowest BCUT2D eigenvalue weighted by Crippen LogP contribution is -2.48. The lowest BCUT2D eigenvalue weighted by molar-refractivity contribution is -0.0516. The second-order valence-corrected chi connectivity index (χ2v) is 6.03. The van der Waals surface area contributed by atoms with Gasteiger partial charge >= 0.3 is 0 Å². The predicted molar refractivity (Wildman–Crippen MR) is 71.3 cm³/mol. The molecule has 0 amide bonds. The van der Waals surface area contributed by atoms with Gasteiger partial charge in [0.05, 0.1) is 5.60 Å². The molecule has 2 saturated heterocycles. The lowest BCUT2D eigenvalue weighted by atomic mass is 9.92. The van der Waals surface area contributed by atoms with Crippen molar-refractivity contribution in [3.05, 3.63) is 0 Å². The van der Waals surface area contributed by atoms with Gasteiger partial charge < -0.3 is 15.0 Å². The van der Waals surface area contributed by atoms with Crippen LogP contribution in [0.15, 0.2) is 0 Å². The molecule has 0 spiro atoms. The summed E-state index contributed by atoms with van der Waals surface area (Å²) in [6.45, 7) is 8.34. The third-order valence-corrected chi connectivity index (χ3v) is 4.48. The van der Waals surface area contributed by atoms with Gasteiger partial charge in [-0.1, -0.05) is 0 Å². The molecule has 0 aromatic heterocycles. The summed E-state index contributed by atoms with van der Waals surface area (Å²) in [4.78, 5) is 2.60. The quantitative estimate of drug-likeness (QED) is 0.812. The highest BCUT2D eigenvalue weighted by Gasteiger charge is 2.30. The highest BCUT2D eigenvalue weighted by molar-refractivity contribution is 4.85. The minimum atomic E-state index is 0.100. The zero-order chi connectivity index (χ0) is 12.1. The number of piperidine rings is 2. The van der Waals surface area contributed by atoms with Gasteiger partial charge in [0.2, 0.25) is 0 Å². The molecule has 2 fully saturated rings. The van der Waals surface area contributed by atoms with Crippen LogP contribution in [-0.4, -0.2) is 50.3 Å². The van der Waals surface area contributed by atoms with E-state index < -0.39 is 0 Å². The number of rotatable bonds is 4. The minimum absolute atomic E-state index is 0.100. The van der Waals surface area contributed by atoms with Gasteiger partial charge in [0, 0.05) is 13.7 Å². The van der Waals surface area contributed by atoms with E-state index in [1.807, 2.05) is 7.11 Å². The van der Waals surface area contributed by atoms with E-state index in [0.717, 1.165) is 12.5 Å². The Morgan fingerprint density at radius 1 is 1.41 bits per heavy atom. The van der Waals surface area contributed by atoms with E-state index in [2.05, 4.69) is 17.1 Å². The summed E-state index contributed by atoms with van der Waals surface area (Å²) < 4.78 is 5.65. The van der Waals surface area contributed by atoms with Crippen molar-refractivity contribution in [1.82, 2.24) is 10.2 Å². The van der Waals surface area contributed by atoms with Crippen molar-refractivity contribution >= 4 is 0 Å². The molecule has 1 N–H and O–H groups in total. The number of likely N-dealkylation sites (tertiary alicyclic amines) is 1. The van der Waals surface area contributed by atoms with Gasteiger partial charge in [-0.05, 0) is 71.1 Å². The van der Waals surface area contributed by atoms with Gasteiger partial charge in [0.1, 0.15) is 0 Å². The number of nitrogens with one attached hydrogen (secondary N) is 1. The number of hydrogen-bond acceptors (Lipinski definition) is 3. The fourth-order valence-electron chi connectivity index (χ4n) is 3.20.